The van der Waals surface area contributed by atoms with Crippen molar-refractivity contribution in [2.75, 3.05) is 6.61 Å². The quantitative estimate of drug-likeness (QED) is 0.453. The maximum absolute atomic E-state index is 8.64. The fourth-order valence-corrected chi connectivity index (χ4v) is 2.64. The third-order valence-electron chi connectivity index (χ3n) is 1.49. The van der Waals surface area contributed by atoms with Crippen LogP contribution in [-0.2, 0) is 0 Å². The van der Waals surface area contributed by atoms with Gasteiger partial charge in [-0.05, 0) is 58.4 Å². The predicted molar refractivity (Wildman–Crippen MR) is 77.1 cm³/mol. The Balaban J connectivity index is 2.61. The molecule has 1 rings (SSSR count). The van der Waals surface area contributed by atoms with Gasteiger partial charge in [-0.3, -0.25) is 0 Å². The summed E-state index contributed by atoms with van der Waals surface area (Å²) in [6.45, 7) is 1.65. The van der Waals surface area contributed by atoms with E-state index >= 15 is 0 Å². The summed E-state index contributed by atoms with van der Waals surface area (Å²) in [5.74, 6) is 16.6. The van der Waals surface area contributed by atoms with Gasteiger partial charge in [0, 0.05) is 0 Å². The summed E-state index contributed by atoms with van der Waals surface area (Å²) in [5, 5.41) is 8.10. The molecule has 0 bridgehead atoms. The predicted octanol–water partition coefficient (Wildman–Crippen LogP) is 2.78. The standard InChI is InChI=1S/C13H9ClOS2/c1-2-5-12-8-9-13(17-16-12)7-4-3-6-11(14)10-15/h8-9,11,15H,10H2,1H3/t11-/m0/s1. The molecule has 17 heavy (non-hydrogen) atoms. The highest BCUT2D eigenvalue weighted by atomic mass is 35.5. The zero-order valence-corrected chi connectivity index (χ0v) is 11.5. The van der Waals surface area contributed by atoms with Crippen LogP contribution in [0.4, 0.5) is 0 Å². The summed E-state index contributed by atoms with van der Waals surface area (Å²) < 4.78 is 0. The van der Waals surface area contributed by atoms with Crippen molar-refractivity contribution >= 4 is 33.2 Å². The molecule has 0 aromatic carbocycles. The summed E-state index contributed by atoms with van der Waals surface area (Å²) in [6, 6.07) is 0. The van der Waals surface area contributed by atoms with E-state index in [9.17, 15) is 0 Å². The molecule has 0 radical (unpaired) electrons. The first-order chi connectivity index (χ1) is 8.26. The molecule has 0 aliphatic carbocycles. The van der Waals surface area contributed by atoms with Crippen LogP contribution in [0.2, 0.25) is 0 Å². The van der Waals surface area contributed by atoms with E-state index in [-0.39, 0.29) is 6.61 Å². The van der Waals surface area contributed by atoms with Crippen molar-refractivity contribution in [2.45, 2.75) is 12.3 Å². The Morgan fingerprint density at radius 3 is 2.41 bits per heavy atom. The van der Waals surface area contributed by atoms with Crippen LogP contribution in [0.3, 0.4) is 0 Å². The molecule has 0 aromatic rings. The van der Waals surface area contributed by atoms with Gasteiger partial charge in [0.15, 0.2) is 0 Å². The monoisotopic (exact) mass is 280 g/mol. The van der Waals surface area contributed by atoms with E-state index in [0.29, 0.717) is 0 Å². The lowest BCUT2D eigenvalue weighted by Crippen LogP contribution is -1.99. The average molecular weight is 281 g/mol. The molecule has 0 saturated heterocycles. The van der Waals surface area contributed by atoms with Gasteiger partial charge in [0.05, 0.1) is 16.4 Å². The van der Waals surface area contributed by atoms with Crippen molar-refractivity contribution in [1.29, 1.82) is 0 Å². The number of aliphatic hydroxyl groups is 1. The van der Waals surface area contributed by atoms with Crippen molar-refractivity contribution in [3.63, 3.8) is 0 Å². The molecule has 1 N–H and O–H groups in total. The molecule has 0 amide bonds. The summed E-state index contributed by atoms with van der Waals surface area (Å²) in [6.07, 6.45) is 3.85. The molecule has 0 saturated carbocycles. The van der Waals surface area contributed by atoms with E-state index in [4.69, 9.17) is 16.7 Å². The van der Waals surface area contributed by atoms with E-state index in [1.807, 2.05) is 19.1 Å². The minimum Gasteiger partial charge on any atom is -0.394 e. The zero-order valence-electron chi connectivity index (χ0n) is 9.08. The Kier molecular flexibility index (Phi) is 6.87. The topological polar surface area (TPSA) is 20.2 Å². The molecule has 1 nitrogen and oxygen atoms in total. The second-order valence-corrected chi connectivity index (χ2v) is 5.51. The number of hydrogen-bond acceptors (Lipinski definition) is 3. The molecule has 0 spiro atoms. The van der Waals surface area contributed by atoms with E-state index in [0.717, 1.165) is 9.81 Å². The molecule has 1 atom stereocenters. The Labute approximate surface area is 114 Å². The maximum Gasteiger partial charge on any atom is 0.118 e. The fourth-order valence-electron chi connectivity index (χ4n) is 0.798. The average Bonchev–Trinajstić information content (AvgIpc) is 2.36. The van der Waals surface area contributed by atoms with E-state index in [1.165, 1.54) is 0 Å². The number of alkyl halides is 1. The van der Waals surface area contributed by atoms with Crippen molar-refractivity contribution < 1.29 is 5.11 Å². The Bertz CT molecular complexity index is 515. The molecule has 4 heteroatoms. The smallest absolute Gasteiger partial charge is 0.118 e. The SMILES string of the molecule is CC#CC1=CC=C(C#CC#C[C@H](Cl)CO)SS1. The minimum atomic E-state index is -0.544. The van der Waals surface area contributed by atoms with Crippen molar-refractivity contribution in [1.82, 2.24) is 0 Å². The number of rotatable bonds is 1. The molecular formula is C13H9ClOS2. The van der Waals surface area contributed by atoms with Crippen LogP contribution in [0.5, 0.6) is 0 Å². The van der Waals surface area contributed by atoms with Gasteiger partial charge >= 0.3 is 0 Å². The van der Waals surface area contributed by atoms with Crippen LogP contribution in [-0.4, -0.2) is 17.1 Å². The molecule has 0 unspecified atom stereocenters. The highest BCUT2D eigenvalue weighted by molar-refractivity contribution is 8.79. The van der Waals surface area contributed by atoms with E-state index in [2.05, 4.69) is 35.5 Å². The third kappa shape index (κ3) is 5.83. The molecule has 0 fully saturated rings. The normalized spacial score (nSPS) is 14.8. The second-order valence-electron chi connectivity index (χ2n) is 2.77. The van der Waals surface area contributed by atoms with Crippen molar-refractivity contribution in [3.05, 3.63) is 22.0 Å². The van der Waals surface area contributed by atoms with Gasteiger partial charge in [0.1, 0.15) is 5.38 Å². The van der Waals surface area contributed by atoms with Crippen LogP contribution in [0.25, 0.3) is 0 Å². The van der Waals surface area contributed by atoms with Gasteiger partial charge in [-0.25, -0.2) is 0 Å². The van der Waals surface area contributed by atoms with E-state index in [1.54, 1.807) is 21.6 Å². The second kappa shape index (κ2) is 8.24. The third-order valence-corrected chi connectivity index (χ3v) is 3.99. The Morgan fingerprint density at radius 1 is 1.24 bits per heavy atom. The molecular weight excluding hydrogens is 272 g/mol. The summed E-state index contributed by atoms with van der Waals surface area (Å²) in [4.78, 5) is 1.95. The number of aliphatic hydroxyl groups excluding tert-OH is 1. The highest BCUT2D eigenvalue weighted by Crippen LogP contribution is 2.39. The van der Waals surface area contributed by atoms with Gasteiger partial charge in [0.2, 0.25) is 0 Å². The van der Waals surface area contributed by atoms with Gasteiger partial charge < -0.3 is 5.11 Å². The molecule has 1 heterocycles. The van der Waals surface area contributed by atoms with Gasteiger partial charge in [-0.2, -0.15) is 0 Å². The van der Waals surface area contributed by atoms with Crippen LogP contribution in [0.15, 0.2) is 22.0 Å². The Morgan fingerprint density at radius 2 is 1.88 bits per heavy atom. The summed E-state index contributed by atoms with van der Waals surface area (Å²) in [5.41, 5.74) is 0. The molecule has 1 aliphatic heterocycles. The molecule has 1 aliphatic rings. The lowest BCUT2D eigenvalue weighted by molar-refractivity contribution is 0.307. The van der Waals surface area contributed by atoms with Crippen LogP contribution in [0.1, 0.15) is 6.92 Å². The largest absolute Gasteiger partial charge is 0.394 e. The first kappa shape index (κ1) is 14.2. The molecule has 0 aromatic heterocycles. The summed E-state index contributed by atoms with van der Waals surface area (Å²) >= 11 is 5.60. The van der Waals surface area contributed by atoms with Gasteiger partial charge in [-0.15, -0.1) is 17.5 Å². The lowest BCUT2D eigenvalue weighted by atomic mass is 10.4. The van der Waals surface area contributed by atoms with Crippen LogP contribution >= 0.6 is 33.2 Å². The van der Waals surface area contributed by atoms with Crippen LogP contribution in [0, 0.1) is 35.5 Å². The van der Waals surface area contributed by atoms with Crippen LogP contribution < -0.4 is 0 Å². The zero-order chi connectivity index (χ0) is 12.5. The maximum atomic E-state index is 8.64. The number of hydrogen-bond donors (Lipinski definition) is 1. The van der Waals surface area contributed by atoms with Crippen molar-refractivity contribution in [2.24, 2.45) is 0 Å². The lowest BCUT2D eigenvalue weighted by Gasteiger charge is -2.03. The highest BCUT2D eigenvalue weighted by Gasteiger charge is 2.03. The van der Waals surface area contributed by atoms with E-state index < -0.39 is 5.38 Å². The van der Waals surface area contributed by atoms with Gasteiger partial charge in [0.25, 0.3) is 0 Å². The first-order valence-electron chi connectivity index (χ1n) is 4.72. The summed E-state index contributed by atoms with van der Waals surface area (Å²) in [7, 11) is 3.14. The number of allylic oxidation sites excluding steroid dienone is 4. The van der Waals surface area contributed by atoms with Crippen molar-refractivity contribution in [3.8, 4) is 35.5 Å². The fraction of sp³-hybridized carbons (Fsp3) is 0.231. The molecule has 86 valence electrons. The Hall–Kier alpha value is -0.890. The first-order valence-corrected chi connectivity index (χ1v) is 7.30. The number of halogens is 1. The minimum absolute atomic E-state index is 0.161. The van der Waals surface area contributed by atoms with Gasteiger partial charge in [-0.1, -0.05) is 11.8 Å².